The number of methoxy groups -OCH3 is 1. The summed E-state index contributed by atoms with van der Waals surface area (Å²) in [5.74, 6) is 0.339. The highest BCUT2D eigenvalue weighted by atomic mass is 35.5. The van der Waals surface area contributed by atoms with Crippen molar-refractivity contribution in [2.45, 2.75) is 6.10 Å². The van der Waals surface area contributed by atoms with E-state index in [0.717, 1.165) is 0 Å². The van der Waals surface area contributed by atoms with Gasteiger partial charge in [-0.25, -0.2) is 0 Å². The molecule has 0 spiro atoms. The van der Waals surface area contributed by atoms with E-state index in [1.807, 2.05) is 0 Å². The predicted molar refractivity (Wildman–Crippen MR) is 81.7 cm³/mol. The molecule has 1 amide bonds. The van der Waals surface area contributed by atoms with Crippen molar-refractivity contribution < 1.29 is 14.6 Å². The number of nitrogens with one attached hydrogen (secondary N) is 1. The first-order valence-electron chi connectivity index (χ1n) is 6.46. The number of rotatable bonds is 5. The van der Waals surface area contributed by atoms with E-state index in [9.17, 15) is 9.90 Å². The fourth-order valence-corrected chi connectivity index (χ4v) is 2.12. The van der Waals surface area contributed by atoms with Crippen molar-refractivity contribution in [3.63, 3.8) is 0 Å². The molecule has 0 saturated carbocycles. The zero-order chi connectivity index (χ0) is 15.2. The maximum absolute atomic E-state index is 12.0. The van der Waals surface area contributed by atoms with Gasteiger partial charge in [-0.15, -0.1) is 0 Å². The number of hydrogen-bond donors (Lipinski definition) is 2. The van der Waals surface area contributed by atoms with Crippen LogP contribution in [0.3, 0.4) is 0 Å². The lowest BCUT2D eigenvalue weighted by atomic mass is 10.1. The molecule has 0 radical (unpaired) electrons. The van der Waals surface area contributed by atoms with Crippen molar-refractivity contribution in [3.05, 3.63) is 64.7 Å². The summed E-state index contributed by atoms with van der Waals surface area (Å²) in [7, 11) is 1.56. The molecule has 2 aromatic carbocycles. The number of amides is 1. The Bertz CT molecular complexity index is 630. The molecule has 0 fully saturated rings. The summed E-state index contributed by atoms with van der Waals surface area (Å²) in [6, 6.07) is 13.8. The Morgan fingerprint density at radius 3 is 2.76 bits per heavy atom. The van der Waals surface area contributed by atoms with Gasteiger partial charge in [-0.1, -0.05) is 35.9 Å². The maximum atomic E-state index is 12.0. The van der Waals surface area contributed by atoms with E-state index in [2.05, 4.69) is 5.32 Å². The molecule has 5 heteroatoms. The molecule has 1 atom stereocenters. The Hall–Kier alpha value is -2.04. The minimum atomic E-state index is -0.813. The summed E-state index contributed by atoms with van der Waals surface area (Å²) in [4.78, 5) is 12.0. The average molecular weight is 306 g/mol. The van der Waals surface area contributed by atoms with E-state index in [1.165, 1.54) is 0 Å². The fraction of sp³-hybridized carbons (Fsp3) is 0.188. The second-order valence-corrected chi connectivity index (χ2v) is 4.89. The molecule has 110 valence electrons. The van der Waals surface area contributed by atoms with E-state index >= 15 is 0 Å². The minimum absolute atomic E-state index is 0.0945. The molecule has 4 nitrogen and oxygen atoms in total. The van der Waals surface area contributed by atoms with Crippen LogP contribution >= 0.6 is 11.6 Å². The zero-order valence-electron chi connectivity index (χ0n) is 11.5. The highest BCUT2D eigenvalue weighted by Gasteiger charge is 2.13. The van der Waals surface area contributed by atoms with Crippen molar-refractivity contribution >= 4 is 17.5 Å². The Kier molecular flexibility index (Phi) is 5.20. The van der Waals surface area contributed by atoms with Crippen LogP contribution in [0.2, 0.25) is 5.02 Å². The van der Waals surface area contributed by atoms with Crippen LogP contribution in [0.25, 0.3) is 0 Å². The fourth-order valence-electron chi connectivity index (χ4n) is 1.90. The van der Waals surface area contributed by atoms with E-state index in [1.54, 1.807) is 55.6 Å². The normalized spacial score (nSPS) is 11.8. The minimum Gasteiger partial charge on any atom is -0.497 e. The van der Waals surface area contributed by atoms with Crippen LogP contribution in [0, 0.1) is 0 Å². The molecule has 0 bridgehead atoms. The zero-order valence-corrected chi connectivity index (χ0v) is 12.3. The summed E-state index contributed by atoms with van der Waals surface area (Å²) >= 11 is 5.95. The molecule has 0 aliphatic rings. The van der Waals surface area contributed by atoms with Crippen molar-refractivity contribution in [1.29, 1.82) is 0 Å². The third kappa shape index (κ3) is 3.97. The van der Waals surface area contributed by atoms with Gasteiger partial charge in [0.05, 0.1) is 23.8 Å². The van der Waals surface area contributed by atoms with Gasteiger partial charge in [-0.2, -0.15) is 0 Å². The van der Waals surface area contributed by atoms with Crippen LogP contribution < -0.4 is 10.1 Å². The van der Waals surface area contributed by atoms with E-state index in [4.69, 9.17) is 16.3 Å². The van der Waals surface area contributed by atoms with Gasteiger partial charge in [-0.05, 0) is 29.8 Å². The van der Waals surface area contributed by atoms with Gasteiger partial charge in [0.2, 0.25) is 0 Å². The number of carbonyl (C=O) groups excluding carboxylic acids is 1. The molecule has 0 saturated heterocycles. The Morgan fingerprint density at radius 1 is 1.29 bits per heavy atom. The number of ether oxygens (including phenoxy) is 1. The van der Waals surface area contributed by atoms with Crippen LogP contribution in [0.15, 0.2) is 48.5 Å². The molecule has 0 aliphatic heterocycles. The van der Waals surface area contributed by atoms with Crippen molar-refractivity contribution in [3.8, 4) is 5.75 Å². The number of carbonyl (C=O) groups is 1. The number of benzene rings is 2. The van der Waals surface area contributed by atoms with Crippen LogP contribution in [0.4, 0.5) is 0 Å². The van der Waals surface area contributed by atoms with Gasteiger partial charge in [0.15, 0.2) is 0 Å². The molecule has 1 unspecified atom stereocenters. The van der Waals surface area contributed by atoms with Gasteiger partial charge in [-0.3, -0.25) is 4.79 Å². The lowest BCUT2D eigenvalue weighted by molar-refractivity contribution is 0.0916. The maximum Gasteiger partial charge on any atom is 0.252 e. The van der Waals surface area contributed by atoms with E-state index < -0.39 is 6.10 Å². The van der Waals surface area contributed by atoms with Crippen LogP contribution in [0.5, 0.6) is 5.75 Å². The first-order chi connectivity index (χ1) is 10.1. The van der Waals surface area contributed by atoms with Crippen LogP contribution in [-0.2, 0) is 0 Å². The highest BCUT2D eigenvalue weighted by molar-refractivity contribution is 6.33. The summed E-state index contributed by atoms with van der Waals surface area (Å²) in [6.07, 6.45) is -0.813. The second kappa shape index (κ2) is 7.11. The SMILES string of the molecule is COc1cccc(C(O)CNC(=O)c2ccccc2Cl)c1. The van der Waals surface area contributed by atoms with Crippen molar-refractivity contribution in [1.82, 2.24) is 5.32 Å². The van der Waals surface area contributed by atoms with Crippen molar-refractivity contribution in [2.24, 2.45) is 0 Å². The average Bonchev–Trinajstić information content (AvgIpc) is 2.52. The molecule has 0 aromatic heterocycles. The molecule has 0 aliphatic carbocycles. The second-order valence-electron chi connectivity index (χ2n) is 4.48. The van der Waals surface area contributed by atoms with Gasteiger partial charge in [0, 0.05) is 6.54 Å². The van der Waals surface area contributed by atoms with Crippen molar-refractivity contribution in [2.75, 3.05) is 13.7 Å². The first-order valence-corrected chi connectivity index (χ1v) is 6.84. The van der Waals surface area contributed by atoms with Gasteiger partial charge in [0.25, 0.3) is 5.91 Å². The summed E-state index contributed by atoms with van der Waals surface area (Å²) in [5.41, 5.74) is 1.06. The standard InChI is InChI=1S/C16H16ClNO3/c1-21-12-6-4-5-11(9-12)15(19)10-18-16(20)13-7-2-3-8-14(13)17/h2-9,15,19H,10H2,1H3,(H,18,20). The van der Waals surface area contributed by atoms with E-state index in [-0.39, 0.29) is 12.5 Å². The lowest BCUT2D eigenvalue weighted by Gasteiger charge is -2.13. The summed E-state index contributed by atoms with van der Waals surface area (Å²) < 4.78 is 5.10. The Balaban J connectivity index is 1.99. The third-order valence-corrected chi connectivity index (χ3v) is 3.38. The third-order valence-electron chi connectivity index (χ3n) is 3.05. The predicted octanol–water partition coefficient (Wildman–Crippen LogP) is 2.81. The summed E-state index contributed by atoms with van der Waals surface area (Å²) in [5, 5.41) is 13.1. The topological polar surface area (TPSA) is 58.6 Å². The first kappa shape index (κ1) is 15.4. The number of hydrogen-bond acceptors (Lipinski definition) is 3. The summed E-state index contributed by atoms with van der Waals surface area (Å²) in [6.45, 7) is 0.0945. The van der Waals surface area contributed by atoms with E-state index in [0.29, 0.717) is 21.9 Å². The van der Waals surface area contributed by atoms with Crippen LogP contribution in [0.1, 0.15) is 22.0 Å². The largest absolute Gasteiger partial charge is 0.497 e. The molecular weight excluding hydrogens is 290 g/mol. The molecule has 2 N–H and O–H groups in total. The monoisotopic (exact) mass is 305 g/mol. The molecular formula is C16H16ClNO3. The van der Waals surface area contributed by atoms with Crippen LogP contribution in [-0.4, -0.2) is 24.7 Å². The molecule has 0 heterocycles. The van der Waals surface area contributed by atoms with Gasteiger partial charge >= 0.3 is 0 Å². The quantitative estimate of drug-likeness (QED) is 0.893. The molecule has 21 heavy (non-hydrogen) atoms. The Labute approximate surface area is 128 Å². The molecule has 2 rings (SSSR count). The molecule has 2 aromatic rings. The van der Waals surface area contributed by atoms with Gasteiger partial charge < -0.3 is 15.2 Å². The highest BCUT2D eigenvalue weighted by Crippen LogP contribution is 2.19. The number of aliphatic hydroxyl groups excluding tert-OH is 1. The van der Waals surface area contributed by atoms with Gasteiger partial charge in [0.1, 0.15) is 5.75 Å². The Morgan fingerprint density at radius 2 is 2.05 bits per heavy atom. The smallest absolute Gasteiger partial charge is 0.252 e. The number of halogens is 1. The lowest BCUT2D eigenvalue weighted by Crippen LogP contribution is -2.28. The number of aliphatic hydroxyl groups is 1.